The SMILES string of the molecule is C[Si](C)(C)/C(=C\Cc1ccccc1)[Se]c1ccccc1. The quantitative estimate of drug-likeness (QED) is 0.718. The van der Waals surface area contributed by atoms with Crippen LogP contribution in [0, 0.1) is 0 Å². The zero-order chi connectivity index (χ0) is 14.4. The molecule has 0 saturated heterocycles. The molecule has 0 amide bonds. The molecule has 0 radical (unpaired) electrons. The molecule has 0 atom stereocenters. The summed E-state index contributed by atoms with van der Waals surface area (Å²) in [5, 5.41) is 0. The maximum atomic E-state index is 2.49. The van der Waals surface area contributed by atoms with Crippen LogP contribution in [0.2, 0.25) is 19.6 Å². The summed E-state index contributed by atoms with van der Waals surface area (Å²) in [6.45, 7) is 7.36. The molecule has 0 heterocycles. The number of benzene rings is 2. The predicted octanol–water partition coefficient (Wildman–Crippen LogP) is 4.02. The van der Waals surface area contributed by atoms with E-state index in [2.05, 4.69) is 86.4 Å². The van der Waals surface area contributed by atoms with Gasteiger partial charge in [0.25, 0.3) is 0 Å². The molecule has 0 bridgehead atoms. The fourth-order valence-corrected chi connectivity index (χ4v) is 7.00. The summed E-state index contributed by atoms with van der Waals surface area (Å²) in [4.78, 5) is 0. The fourth-order valence-electron chi connectivity index (χ4n) is 1.94. The molecule has 2 aromatic carbocycles. The van der Waals surface area contributed by atoms with Crippen LogP contribution in [-0.4, -0.2) is 23.0 Å². The van der Waals surface area contributed by atoms with E-state index < -0.39 is 8.07 Å². The van der Waals surface area contributed by atoms with Crippen LogP contribution >= 0.6 is 0 Å². The van der Waals surface area contributed by atoms with E-state index in [1.165, 1.54) is 10.0 Å². The van der Waals surface area contributed by atoms with Gasteiger partial charge in [0.2, 0.25) is 0 Å². The summed E-state index contributed by atoms with van der Waals surface area (Å²) in [7, 11) is -1.23. The first-order chi connectivity index (χ1) is 9.55. The van der Waals surface area contributed by atoms with Gasteiger partial charge in [0.1, 0.15) is 0 Å². The van der Waals surface area contributed by atoms with Crippen molar-refractivity contribution in [2.75, 3.05) is 0 Å². The molecule has 2 aromatic rings. The first-order valence-corrected chi connectivity index (χ1v) is 12.2. The summed E-state index contributed by atoms with van der Waals surface area (Å²) in [6, 6.07) is 21.7. The Hall–Kier alpha value is -1.08. The van der Waals surface area contributed by atoms with Crippen molar-refractivity contribution in [2.45, 2.75) is 26.1 Å². The number of hydrogen-bond acceptors (Lipinski definition) is 0. The molecule has 0 aliphatic heterocycles. The van der Waals surface area contributed by atoms with Gasteiger partial charge in [-0.05, 0) is 0 Å². The summed E-state index contributed by atoms with van der Waals surface area (Å²) in [5.41, 5.74) is 1.41. The van der Waals surface area contributed by atoms with Gasteiger partial charge in [-0.1, -0.05) is 0 Å². The number of rotatable bonds is 5. The van der Waals surface area contributed by atoms with E-state index in [4.69, 9.17) is 0 Å². The van der Waals surface area contributed by atoms with Crippen molar-refractivity contribution in [1.29, 1.82) is 0 Å². The second-order valence-electron chi connectivity index (χ2n) is 5.92. The van der Waals surface area contributed by atoms with Crippen molar-refractivity contribution in [3.05, 3.63) is 76.4 Å². The molecular weight excluding hydrogens is 323 g/mol. The zero-order valence-electron chi connectivity index (χ0n) is 12.5. The van der Waals surface area contributed by atoms with E-state index in [0.29, 0.717) is 15.0 Å². The molecule has 0 N–H and O–H groups in total. The first kappa shape index (κ1) is 15.3. The Balaban J connectivity index is 2.16. The second-order valence-corrected chi connectivity index (χ2v) is 14.1. The minimum atomic E-state index is -1.23. The van der Waals surface area contributed by atoms with Crippen molar-refractivity contribution in [3.8, 4) is 0 Å². The van der Waals surface area contributed by atoms with Gasteiger partial charge < -0.3 is 0 Å². The topological polar surface area (TPSA) is 0 Å². The van der Waals surface area contributed by atoms with Crippen LogP contribution in [0.1, 0.15) is 5.56 Å². The van der Waals surface area contributed by atoms with Crippen molar-refractivity contribution in [2.24, 2.45) is 0 Å². The number of hydrogen-bond donors (Lipinski definition) is 0. The van der Waals surface area contributed by atoms with Gasteiger partial charge in [-0.15, -0.1) is 0 Å². The first-order valence-electron chi connectivity index (χ1n) is 7.03. The Bertz CT molecular complexity index is 553. The zero-order valence-corrected chi connectivity index (χ0v) is 15.2. The van der Waals surface area contributed by atoms with Crippen LogP contribution in [0.5, 0.6) is 0 Å². The molecular formula is C18H22SeSi. The van der Waals surface area contributed by atoms with E-state index >= 15 is 0 Å². The monoisotopic (exact) mass is 346 g/mol. The van der Waals surface area contributed by atoms with Crippen LogP contribution in [0.4, 0.5) is 0 Å². The normalized spacial score (nSPS) is 12.4. The molecule has 0 nitrogen and oxygen atoms in total. The molecule has 0 unspecified atom stereocenters. The summed E-state index contributed by atoms with van der Waals surface area (Å²) in [6.07, 6.45) is 3.56. The van der Waals surface area contributed by atoms with E-state index in [0.717, 1.165) is 6.42 Å². The Morgan fingerprint density at radius 3 is 2.00 bits per heavy atom. The standard InChI is InChI=1S/C18H22SeSi/c1-20(2,3)18(19-17-12-8-5-9-13-17)15-14-16-10-6-4-7-11-16/h4-13,15H,14H2,1-3H3/b18-15-. The Kier molecular flexibility index (Phi) is 5.42. The average Bonchev–Trinajstić information content (AvgIpc) is 2.44. The van der Waals surface area contributed by atoms with Crippen molar-refractivity contribution < 1.29 is 0 Å². The molecule has 0 fully saturated rings. The molecule has 0 aliphatic carbocycles. The van der Waals surface area contributed by atoms with Gasteiger partial charge in [0, 0.05) is 0 Å². The Labute approximate surface area is 130 Å². The van der Waals surface area contributed by atoms with Crippen molar-refractivity contribution >= 4 is 27.5 Å². The fraction of sp³-hybridized carbons (Fsp3) is 0.222. The van der Waals surface area contributed by atoms with Gasteiger partial charge in [-0.2, -0.15) is 0 Å². The van der Waals surface area contributed by atoms with Crippen molar-refractivity contribution in [3.63, 3.8) is 0 Å². The van der Waals surface area contributed by atoms with Crippen LogP contribution in [0.3, 0.4) is 0 Å². The van der Waals surface area contributed by atoms with Gasteiger partial charge in [0.15, 0.2) is 0 Å². The number of allylic oxidation sites excluding steroid dienone is 1. The molecule has 104 valence electrons. The van der Waals surface area contributed by atoms with Crippen molar-refractivity contribution in [1.82, 2.24) is 0 Å². The summed E-state index contributed by atoms with van der Waals surface area (Å²) >= 11 is 0.473. The third kappa shape index (κ3) is 4.79. The van der Waals surface area contributed by atoms with Crippen LogP contribution in [0.25, 0.3) is 0 Å². The van der Waals surface area contributed by atoms with Crippen LogP contribution in [-0.2, 0) is 6.42 Å². The van der Waals surface area contributed by atoms with Gasteiger partial charge in [0.05, 0.1) is 0 Å². The maximum absolute atomic E-state index is 2.49. The van der Waals surface area contributed by atoms with Gasteiger partial charge >= 0.3 is 130 Å². The van der Waals surface area contributed by atoms with Gasteiger partial charge in [-0.3, -0.25) is 0 Å². The molecule has 0 spiro atoms. The van der Waals surface area contributed by atoms with E-state index in [1.807, 2.05) is 0 Å². The third-order valence-electron chi connectivity index (χ3n) is 3.08. The van der Waals surface area contributed by atoms with E-state index in [-0.39, 0.29) is 0 Å². The summed E-state index contributed by atoms with van der Waals surface area (Å²) < 4.78 is 3.20. The molecule has 0 aromatic heterocycles. The van der Waals surface area contributed by atoms with E-state index in [1.54, 1.807) is 4.09 Å². The molecule has 20 heavy (non-hydrogen) atoms. The summed E-state index contributed by atoms with van der Waals surface area (Å²) in [5.74, 6) is 0. The molecule has 0 aliphatic rings. The second kappa shape index (κ2) is 7.08. The average molecular weight is 345 g/mol. The predicted molar refractivity (Wildman–Crippen MR) is 93.4 cm³/mol. The third-order valence-corrected chi connectivity index (χ3v) is 11.0. The Morgan fingerprint density at radius 1 is 0.900 bits per heavy atom. The molecule has 0 saturated carbocycles. The van der Waals surface area contributed by atoms with E-state index in [9.17, 15) is 0 Å². The van der Waals surface area contributed by atoms with Crippen LogP contribution in [0.15, 0.2) is 70.8 Å². The minimum absolute atomic E-state index is 0.473. The van der Waals surface area contributed by atoms with Gasteiger partial charge in [-0.25, -0.2) is 0 Å². The molecule has 2 rings (SSSR count). The Morgan fingerprint density at radius 2 is 1.45 bits per heavy atom. The molecule has 2 heteroatoms. The van der Waals surface area contributed by atoms with Crippen LogP contribution < -0.4 is 4.46 Å².